The molecule has 0 saturated heterocycles. The van der Waals surface area contributed by atoms with E-state index in [1.54, 1.807) is 12.1 Å². The number of methoxy groups -OCH3 is 1. The van der Waals surface area contributed by atoms with E-state index >= 15 is 0 Å². The van der Waals surface area contributed by atoms with Crippen LogP contribution in [0.15, 0.2) is 18.2 Å². The molecule has 1 aromatic rings. The third-order valence-corrected chi connectivity index (χ3v) is 4.07. The van der Waals surface area contributed by atoms with E-state index in [-0.39, 0.29) is 23.6 Å². The van der Waals surface area contributed by atoms with E-state index in [0.29, 0.717) is 6.54 Å². The van der Waals surface area contributed by atoms with Gasteiger partial charge in [-0.2, -0.15) is 0 Å². The standard InChI is InChI=1S/C15H22FNO2/c1-19-14-6-5-12(9-13(14)16)17-10-15(11-18)7-3-2-4-8-15/h5-6,9,17-18H,2-4,7-8,10-11H2,1H3. The summed E-state index contributed by atoms with van der Waals surface area (Å²) in [7, 11) is 1.45. The highest BCUT2D eigenvalue weighted by Crippen LogP contribution is 2.36. The second kappa shape index (κ2) is 6.24. The SMILES string of the molecule is COc1ccc(NCC2(CO)CCCCC2)cc1F. The zero-order chi connectivity index (χ0) is 13.7. The monoisotopic (exact) mass is 267 g/mol. The molecule has 0 aromatic heterocycles. The summed E-state index contributed by atoms with van der Waals surface area (Å²) in [5.74, 6) is -0.116. The third kappa shape index (κ3) is 3.38. The lowest BCUT2D eigenvalue weighted by Gasteiger charge is -2.36. The topological polar surface area (TPSA) is 41.5 Å². The van der Waals surface area contributed by atoms with Gasteiger partial charge in [-0.3, -0.25) is 0 Å². The molecular weight excluding hydrogens is 245 g/mol. The number of aliphatic hydroxyl groups is 1. The van der Waals surface area contributed by atoms with Gasteiger partial charge in [0.1, 0.15) is 0 Å². The number of rotatable bonds is 5. The summed E-state index contributed by atoms with van der Waals surface area (Å²) in [6.07, 6.45) is 5.65. The average Bonchev–Trinajstić information content (AvgIpc) is 2.46. The highest BCUT2D eigenvalue weighted by Gasteiger charge is 2.31. The zero-order valence-corrected chi connectivity index (χ0v) is 11.4. The van der Waals surface area contributed by atoms with E-state index < -0.39 is 0 Å². The van der Waals surface area contributed by atoms with Gasteiger partial charge in [0.2, 0.25) is 0 Å². The molecule has 2 rings (SSSR count). The largest absolute Gasteiger partial charge is 0.494 e. The van der Waals surface area contributed by atoms with E-state index in [1.807, 2.05) is 0 Å². The lowest BCUT2D eigenvalue weighted by Crippen LogP contribution is -2.35. The van der Waals surface area contributed by atoms with Crippen molar-refractivity contribution in [3.05, 3.63) is 24.0 Å². The minimum Gasteiger partial charge on any atom is -0.494 e. The van der Waals surface area contributed by atoms with Crippen LogP contribution in [0.4, 0.5) is 10.1 Å². The average molecular weight is 267 g/mol. The highest BCUT2D eigenvalue weighted by atomic mass is 19.1. The Bertz CT molecular complexity index is 417. The first-order valence-electron chi connectivity index (χ1n) is 6.87. The molecule has 1 aromatic carbocycles. The molecule has 0 unspecified atom stereocenters. The molecule has 19 heavy (non-hydrogen) atoms. The number of anilines is 1. The van der Waals surface area contributed by atoms with E-state index in [1.165, 1.54) is 32.4 Å². The second-order valence-corrected chi connectivity index (χ2v) is 5.42. The normalized spacial score (nSPS) is 18.1. The number of hydrogen-bond acceptors (Lipinski definition) is 3. The molecule has 0 atom stereocenters. The Labute approximate surface area is 113 Å². The van der Waals surface area contributed by atoms with Crippen molar-refractivity contribution in [3.8, 4) is 5.75 Å². The molecule has 1 fully saturated rings. The molecule has 0 radical (unpaired) electrons. The maximum Gasteiger partial charge on any atom is 0.167 e. The summed E-state index contributed by atoms with van der Waals surface area (Å²) >= 11 is 0. The molecule has 0 amide bonds. The number of nitrogens with one attached hydrogen (secondary N) is 1. The molecule has 2 N–H and O–H groups in total. The van der Waals surface area contributed by atoms with Crippen LogP contribution in [0, 0.1) is 11.2 Å². The quantitative estimate of drug-likeness (QED) is 0.861. The molecule has 0 heterocycles. The van der Waals surface area contributed by atoms with Gasteiger partial charge in [-0.05, 0) is 25.0 Å². The van der Waals surface area contributed by atoms with Crippen LogP contribution >= 0.6 is 0 Å². The fraction of sp³-hybridized carbons (Fsp3) is 0.600. The minimum atomic E-state index is -0.366. The fourth-order valence-corrected chi connectivity index (χ4v) is 2.76. The minimum absolute atomic E-state index is 0.0470. The van der Waals surface area contributed by atoms with Crippen LogP contribution in [0.1, 0.15) is 32.1 Å². The van der Waals surface area contributed by atoms with Crippen LogP contribution in [0.25, 0.3) is 0 Å². The molecule has 4 heteroatoms. The summed E-state index contributed by atoms with van der Waals surface area (Å²) < 4.78 is 18.5. The van der Waals surface area contributed by atoms with Crippen molar-refractivity contribution in [1.82, 2.24) is 0 Å². The molecule has 3 nitrogen and oxygen atoms in total. The molecule has 1 saturated carbocycles. The summed E-state index contributed by atoms with van der Waals surface area (Å²) in [6.45, 7) is 0.883. The van der Waals surface area contributed by atoms with Crippen molar-refractivity contribution in [1.29, 1.82) is 0 Å². The smallest absolute Gasteiger partial charge is 0.167 e. The van der Waals surface area contributed by atoms with E-state index in [0.717, 1.165) is 18.5 Å². The first-order chi connectivity index (χ1) is 9.19. The zero-order valence-electron chi connectivity index (χ0n) is 11.4. The van der Waals surface area contributed by atoms with E-state index in [2.05, 4.69) is 5.32 Å². The van der Waals surface area contributed by atoms with Gasteiger partial charge in [0, 0.05) is 23.7 Å². The van der Waals surface area contributed by atoms with Crippen molar-refractivity contribution < 1.29 is 14.2 Å². The molecule has 1 aliphatic carbocycles. The maximum absolute atomic E-state index is 13.6. The van der Waals surface area contributed by atoms with Gasteiger partial charge in [0.05, 0.1) is 13.7 Å². The third-order valence-electron chi connectivity index (χ3n) is 4.07. The predicted molar refractivity (Wildman–Crippen MR) is 74.0 cm³/mol. The second-order valence-electron chi connectivity index (χ2n) is 5.42. The lowest BCUT2D eigenvalue weighted by atomic mass is 9.74. The first kappa shape index (κ1) is 14.1. The van der Waals surface area contributed by atoms with Gasteiger partial charge in [-0.15, -0.1) is 0 Å². The number of benzene rings is 1. The Hall–Kier alpha value is -1.29. The number of ether oxygens (including phenoxy) is 1. The van der Waals surface area contributed by atoms with Crippen molar-refractivity contribution >= 4 is 5.69 Å². The summed E-state index contributed by atoms with van der Waals surface area (Å²) in [4.78, 5) is 0. The number of halogens is 1. The van der Waals surface area contributed by atoms with Gasteiger partial charge in [-0.25, -0.2) is 4.39 Å². The van der Waals surface area contributed by atoms with Gasteiger partial charge >= 0.3 is 0 Å². The maximum atomic E-state index is 13.6. The van der Waals surface area contributed by atoms with Crippen molar-refractivity contribution in [2.45, 2.75) is 32.1 Å². The van der Waals surface area contributed by atoms with Crippen molar-refractivity contribution in [2.75, 3.05) is 25.6 Å². The Morgan fingerprint density at radius 3 is 2.63 bits per heavy atom. The van der Waals surface area contributed by atoms with Crippen LogP contribution in [0.5, 0.6) is 5.75 Å². The molecular formula is C15H22FNO2. The fourth-order valence-electron chi connectivity index (χ4n) is 2.76. The van der Waals surface area contributed by atoms with Crippen LogP contribution < -0.4 is 10.1 Å². The van der Waals surface area contributed by atoms with Crippen LogP contribution in [0.2, 0.25) is 0 Å². The summed E-state index contributed by atoms with van der Waals surface area (Å²) in [5.41, 5.74) is 0.686. The van der Waals surface area contributed by atoms with Gasteiger partial charge in [0.25, 0.3) is 0 Å². The lowest BCUT2D eigenvalue weighted by molar-refractivity contribution is 0.0944. The Kier molecular flexibility index (Phi) is 4.64. The van der Waals surface area contributed by atoms with Crippen LogP contribution in [0.3, 0.4) is 0 Å². The molecule has 1 aliphatic rings. The highest BCUT2D eigenvalue weighted by molar-refractivity contribution is 5.47. The molecule has 106 valence electrons. The molecule has 0 spiro atoms. The Morgan fingerprint density at radius 2 is 2.05 bits per heavy atom. The van der Waals surface area contributed by atoms with Gasteiger partial charge < -0.3 is 15.2 Å². The predicted octanol–water partition coefficient (Wildman–Crippen LogP) is 3.19. The first-order valence-corrected chi connectivity index (χ1v) is 6.87. The van der Waals surface area contributed by atoms with Crippen LogP contribution in [-0.4, -0.2) is 25.4 Å². The van der Waals surface area contributed by atoms with E-state index in [4.69, 9.17) is 4.74 Å². The Balaban J connectivity index is 1.99. The molecule has 0 aliphatic heterocycles. The van der Waals surface area contributed by atoms with E-state index in [9.17, 15) is 9.50 Å². The molecule has 0 bridgehead atoms. The van der Waals surface area contributed by atoms with Gasteiger partial charge in [-0.1, -0.05) is 19.3 Å². The van der Waals surface area contributed by atoms with Crippen molar-refractivity contribution in [2.24, 2.45) is 5.41 Å². The van der Waals surface area contributed by atoms with Crippen LogP contribution in [-0.2, 0) is 0 Å². The Morgan fingerprint density at radius 1 is 1.32 bits per heavy atom. The number of hydrogen-bond donors (Lipinski definition) is 2. The van der Waals surface area contributed by atoms with Gasteiger partial charge in [0.15, 0.2) is 11.6 Å². The summed E-state index contributed by atoms with van der Waals surface area (Å²) in [6, 6.07) is 4.85. The number of aliphatic hydroxyl groups excluding tert-OH is 1. The summed E-state index contributed by atoms with van der Waals surface area (Å²) in [5, 5.41) is 12.9. The van der Waals surface area contributed by atoms with Crippen molar-refractivity contribution in [3.63, 3.8) is 0 Å².